The van der Waals surface area contributed by atoms with Crippen molar-refractivity contribution in [1.82, 2.24) is 14.9 Å². The summed E-state index contributed by atoms with van der Waals surface area (Å²) in [6, 6.07) is 0. The summed E-state index contributed by atoms with van der Waals surface area (Å²) in [5, 5.41) is 3.18. The maximum atomic E-state index is 5.82. The van der Waals surface area contributed by atoms with Gasteiger partial charge in [0.15, 0.2) is 5.96 Å². The van der Waals surface area contributed by atoms with Gasteiger partial charge in [0.05, 0.1) is 6.33 Å². The molecule has 114 valence electrons. The third-order valence-corrected chi connectivity index (χ3v) is 3.25. The quantitative estimate of drug-likeness (QED) is 0.371. The van der Waals surface area contributed by atoms with Gasteiger partial charge in [0.25, 0.3) is 0 Å². The summed E-state index contributed by atoms with van der Waals surface area (Å²) in [5.41, 5.74) is 5.82. The number of hydrogen-bond donors (Lipinski definition) is 2. The molecule has 0 atom stereocenters. The van der Waals surface area contributed by atoms with Crippen LogP contribution in [0, 0.1) is 0 Å². The largest absolute Gasteiger partial charge is 0.370 e. The normalized spacial score (nSPS) is 11.8. The van der Waals surface area contributed by atoms with Crippen LogP contribution in [-0.4, -0.2) is 28.6 Å². The van der Waals surface area contributed by atoms with E-state index >= 15 is 0 Å². The second-order valence-corrected chi connectivity index (χ2v) is 5.12. The van der Waals surface area contributed by atoms with Crippen LogP contribution in [0.25, 0.3) is 0 Å². The van der Waals surface area contributed by atoms with E-state index in [1.807, 2.05) is 12.5 Å². The second-order valence-electron chi connectivity index (χ2n) is 5.12. The maximum absolute atomic E-state index is 5.82. The molecule has 1 heterocycles. The average molecular weight is 279 g/mol. The molecule has 1 aromatic heterocycles. The van der Waals surface area contributed by atoms with Gasteiger partial charge in [0, 0.05) is 32.0 Å². The fourth-order valence-corrected chi connectivity index (χ4v) is 2.05. The third kappa shape index (κ3) is 8.56. The molecule has 0 aliphatic heterocycles. The lowest BCUT2D eigenvalue weighted by atomic mass is 10.1. The molecule has 0 aliphatic rings. The van der Waals surface area contributed by atoms with E-state index in [1.54, 1.807) is 6.20 Å². The molecule has 5 nitrogen and oxygen atoms in total. The number of nitrogens with one attached hydrogen (secondary N) is 1. The summed E-state index contributed by atoms with van der Waals surface area (Å²) in [6.45, 7) is 4.87. The van der Waals surface area contributed by atoms with Gasteiger partial charge in [0.1, 0.15) is 0 Å². The van der Waals surface area contributed by atoms with E-state index < -0.39 is 0 Å². The molecule has 0 bridgehead atoms. The summed E-state index contributed by atoms with van der Waals surface area (Å²) in [4.78, 5) is 8.32. The van der Waals surface area contributed by atoms with Crippen molar-refractivity contribution in [3.63, 3.8) is 0 Å². The van der Waals surface area contributed by atoms with E-state index in [2.05, 4.69) is 26.8 Å². The number of aryl methyl sites for hydroxylation is 1. The fourth-order valence-electron chi connectivity index (χ4n) is 2.05. The number of rotatable bonds is 11. The topological polar surface area (TPSA) is 68.2 Å². The lowest BCUT2D eigenvalue weighted by molar-refractivity contribution is 0.601. The van der Waals surface area contributed by atoms with Crippen LogP contribution in [-0.2, 0) is 6.54 Å². The highest BCUT2D eigenvalue weighted by molar-refractivity contribution is 5.77. The van der Waals surface area contributed by atoms with Crippen molar-refractivity contribution in [3.8, 4) is 0 Å². The monoisotopic (exact) mass is 279 g/mol. The molecule has 0 unspecified atom stereocenters. The first kappa shape index (κ1) is 16.5. The van der Waals surface area contributed by atoms with Crippen molar-refractivity contribution >= 4 is 5.96 Å². The average Bonchev–Trinajstić information content (AvgIpc) is 2.96. The molecule has 3 N–H and O–H groups in total. The molecular formula is C15H29N5. The van der Waals surface area contributed by atoms with Crippen molar-refractivity contribution in [2.75, 3.05) is 13.1 Å². The predicted molar refractivity (Wildman–Crippen MR) is 84.7 cm³/mol. The van der Waals surface area contributed by atoms with Crippen LogP contribution in [0.2, 0.25) is 0 Å². The van der Waals surface area contributed by atoms with Crippen LogP contribution in [0.3, 0.4) is 0 Å². The first-order chi connectivity index (χ1) is 9.83. The van der Waals surface area contributed by atoms with Gasteiger partial charge in [-0.1, -0.05) is 39.0 Å². The van der Waals surface area contributed by atoms with Gasteiger partial charge in [-0.25, -0.2) is 4.98 Å². The fraction of sp³-hybridized carbons (Fsp3) is 0.733. The van der Waals surface area contributed by atoms with Crippen LogP contribution < -0.4 is 11.1 Å². The Balaban J connectivity index is 1.93. The smallest absolute Gasteiger partial charge is 0.188 e. The lowest BCUT2D eigenvalue weighted by Gasteiger charge is -2.05. The Labute approximate surface area is 122 Å². The molecule has 0 radical (unpaired) electrons. The number of aliphatic imine (C=N–C) groups is 1. The lowest BCUT2D eigenvalue weighted by Crippen LogP contribution is -2.32. The summed E-state index contributed by atoms with van der Waals surface area (Å²) >= 11 is 0. The number of nitrogens with two attached hydrogens (primary N) is 1. The van der Waals surface area contributed by atoms with E-state index in [0.29, 0.717) is 5.96 Å². The Morgan fingerprint density at radius 2 is 2.00 bits per heavy atom. The SMILES string of the molecule is CCCCCCCCNC(N)=NCCCn1ccnc1. The van der Waals surface area contributed by atoms with Crippen LogP contribution in [0.5, 0.6) is 0 Å². The minimum Gasteiger partial charge on any atom is -0.370 e. The summed E-state index contributed by atoms with van der Waals surface area (Å²) in [5.74, 6) is 0.573. The number of aromatic nitrogens is 2. The highest BCUT2D eigenvalue weighted by Crippen LogP contribution is 2.03. The molecule has 0 spiro atoms. The van der Waals surface area contributed by atoms with E-state index in [1.165, 1.54) is 38.5 Å². The molecule has 1 rings (SSSR count). The third-order valence-electron chi connectivity index (χ3n) is 3.25. The van der Waals surface area contributed by atoms with Gasteiger partial charge in [0.2, 0.25) is 0 Å². The number of nitrogens with zero attached hydrogens (tertiary/aromatic N) is 3. The first-order valence-corrected chi connectivity index (χ1v) is 7.82. The Morgan fingerprint density at radius 3 is 2.75 bits per heavy atom. The predicted octanol–water partition coefficient (Wildman–Crippen LogP) is 2.54. The van der Waals surface area contributed by atoms with Gasteiger partial charge in [-0.15, -0.1) is 0 Å². The molecule has 0 fully saturated rings. The minimum atomic E-state index is 0.573. The molecule has 1 aromatic rings. The van der Waals surface area contributed by atoms with E-state index in [0.717, 1.165) is 26.1 Å². The standard InChI is InChI=1S/C15H29N5/c1-2-3-4-5-6-7-9-18-15(16)19-10-8-12-20-13-11-17-14-20/h11,13-14H,2-10,12H2,1H3,(H3,16,18,19). The zero-order valence-corrected chi connectivity index (χ0v) is 12.7. The van der Waals surface area contributed by atoms with Crippen LogP contribution in [0.4, 0.5) is 0 Å². The Bertz CT molecular complexity index is 345. The van der Waals surface area contributed by atoms with Crippen molar-refractivity contribution in [2.45, 2.75) is 58.4 Å². The zero-order valence-electron chi connectivity index (χ0n) is 12.7. The summed E-state index contributed by atoms with van der Waals surface area (Å²) in [6.07, 6.45) is 14.4. The van der Waals surface area contributed by atoms with Gasteiger partial charge in [-0.3, -0.25) is 4.99 Å². The minimum absolute atomic E-state index is 0.573. The van der Waals surface area contributed by atoms with Gasteiger partial charge in [-0.2, -0.15) is 0 Å². The van der Waals surface area contributed by atoms with Crippen molar-refractivity contribution in [3.05, 3.63) is 18.7 Å². The Morgan fingerprint density at radius 1 is 1.20 bits per heavy atom. The molecular weight excluding hydrogens is 250 g/mol. The van der Waals surface area contributed by atoms with Crippen molar-refractivity contribution in [2.24, 2.45) is 10.7 Å². The van der Waals surface area contributed by atoms with Crippen molar-refractivity contribution in [1.29, 1.82) is 0 Å². The molecule has 0 saturated carbocycles. The molecule has 0 saturated heterocycles. The zero-order chi connectivity index (χ0) is 14.5. The molecule has 0 aliphatic carbocycles. The molecule has 20 heavy (non-hydrogen) atoms. The first-order valence-electron chi connectivity index (χ1n) is 7.82. The molecule has 5 heteroatoms. The highest BCUT2D eigenvalue weighted by atomic mass is 15.1. The van der Waals surface area contributed by atoms with Gasteiger partial charge in [-0.05, 0) is 12.8 Å². The van der Waals surface area contributed by atoms with E-state index in [4.69, 9.17) is 5.73 Å². The number of hydrogen-bond acceptors (Lipinski definition) is 2. The molecule has 0 amide bonds. The van der Waals surface area contributed by atoms with Gasteiger partial charge < -0.3 is 15.6 Å². The summed E-state index contributed by atoms with van der Waals surface area (Å²) < 4.78 is 2.05. The van der Waals surface area contributed by atoms with Gasteiger partial charge >= 0.3 is 0 Å². The van der Waals surface area contributed by atoms with Crippen LogP contribution in [0.15, 0.2) is 23.7 Å². The Kier molecular flexibility index (Phi) is 9.36. The number of imidazole rings is 1. The maximum Gasteiger partial charge on any atom is 0.188 e. The van der Waals surface area contributed by atoms with Crippen LogP contribution >= 0.6 is 0 Å². The number of guanidine groups is 1. The summed E-state index contributed by atoms with van der Waals surface area (Å²) in [7, 11) is 0. The van der Waals surface area contributed by atoms with Crippen LogP contribution in [0.1, 0.15) is 51.9 Å². The Hall–Kier alpha value is -1.52. The highest BCUT2D eigenvalue weighted by Gasteiger charge is 1.93. The molecule has 0 aromatic carbocycles. The van der Waals surface area contributed by atoms with Crippen molar-refractivity contribution < 1.29 is 0 Å². The number of unbranched alkanes of at least 4 members (excludes halogenated alkanes) is 5. The van der Waals surface area contributed by atoms with E-state index in [9.17, 15) is 0 Å². The van der Waals surface area contributed by atoms with E-state index in [-0.39, 0.29) is 0 Å². The second kappa shape index (κ2) is 11.3.